The van der Waals surface area contributed by atoms with Gasteiger partial charge in [-0.15, -0.1) is 0 Å². The lowest BCUT2D eigenvalue weighted by molar-refractivity contribution is -0.121. The van der Waals surface area contributed by atoms with Gasteiger partial charge in [0.15, 0.2) is 0 Å². The molecule has 2 aromatic rings. The molecule has 0 aliphatic rings. The molecule has 2 rings (SSSR count). The van der Waals surface area contributed by atoms with Gasteiger partial charge in [-0.3, -0.25) is 9.10 Å². The summed E-state index contributed by atoms with van der Waals surface area (Å²) >= 11 is 0. The Hall–Kier alpha value is -2.54. The molecule has 2 aromatic carbocycles. The van der Waals surface area contributed by atoms with Crippen molar-refractivity contribution in [1.82, 2.24) is 5.32 Å². The van der Waals surface area contributed by atoms with Crippen molar-refractivity contribution in [2.24, 2.45) is 0 Å². The van der Waals surface area contributed by atoms with Crippen LogP contribution >= 0.6 is 0 Å². The highest BCUT2D eigenvalue weighted by Crippen LogP contribution is 2.19. The Labute approximate surface area is 173 Å². The summed E-state index contributed by atoms with van der Waals surface area (Å²) in [6, 6.07) is 14.9. The molecule has 29 heavy (non-hydrogen) atoms. The molecule has 1 N–H and O–H groups in total. The molecule has 0 aromatic heterocycles. The van der Waals surface area contributed by atoms with E-state index in [2.05, 4.69) is 5.32 Å². The maximum Gasteiger partial charge on any atom is 0.232 e. The Morgan fingerprint density at radius 1 is 1.14 bits per heavy atom. The Bertz CT molecular complexity index is 928. The van der Waals surface area contributed by atoms with Crippen LogP contribution in [0.15, 0.2) is 48.5 Å². The predicted octanol–water partition coefficient (Wildman–Crippen LogP) is 3.43. The first-order valence-electron chi connectivity index (χ1n) is 9.69. The second-order valence-electron chi connectivity index (χ2n) is 7.32. The number of amides is 1. The van der Waals surface area contributed by atoms with E-state index in [4.69, 9.17) is 4.74 Å². The molecule has 158 valence electrons. The van der Waals surface area contributed by atoms with E-state index in [9.17, 15) is 13.2 Å². The molecule has 7 heteroatoms. The van der Waals surface area contributed by atoms with Crippen LogP contribution < -0.4 is 14.4 Å². The van der Waals surface area contributed by atoms with Gasteiger partial charge in [0.1, 0.15) is 12.4 Å². The number of nitrogens with one attached hydrogen (secondary N) is 1. The van der Waals surface area contributed by atoms with Crippen LogP contribution in [0.1, 0.15) is 30.9 Å². The number of carbonyl (C=O) groups excluding carboxylic acids is 1. The molecule has 0 fully saturated rings. The number of carbonyl (C=O) groups is 1. The number of anilines is 1. The van der Waals surface area contributed by atoms with E-state index in [1.165, 1.54) is 10.6 Å². The minimum atomic E-state index is -3.42. The van der Waals surface area contributed by atoms with Crippen molar-refractivity contribution in [3.8, 4) is 5.75 Å². The number of para-hydroxylation sites is 1. The third kappa shape index (κ3) is 7.42. The second-order valence-corrected chi connectivity index (χ2v) is 9.23. The summed E-state index contributed by atoms with van der Waals surface area (Å²) in [6.07, 6.45) is 1.85. The number of sulfonamides is 1. The first-order chi connectivity index (χ1) is 13.7. The maximum absolute atomic E-state index is 12.2. The first-order valence-corrected chi connectivity index (χ1v) is 11.5. The van der Waals surface area contributed by atoms with Crippen molar-refractivity contribution >= 4 is 21.6 Å². The fourth-order valence-electron chi connectivity index (χ4n) is 2.97. The van der Waals surface area contributed by atoms with Gasteiger partial charge >= 0.3 is 0 Å². The van der Waals surface area contributed by atoms with E-state index in [-0.39, 0.29) is 24.9 Å². The van der Waals surface area contributed by atoms with Crippen molar-refractivity contribution in [2.45, 2.75) is 39.7 Å². The fourth-order valence-corrected chi connectivity index (χ4v) is 3.93. The zero-order chi connectivity index (χ0) is 21.4. The van der Waals surface area contributed by atoms with Crippen molar-refractivity contribution in [3.05, 3.63) is 59.7 Å². The topological polar surface area (TPSA) is 75.7 Å². The lowest BCUT2D eigenvalue weighted by Gasteiger charge is -2.23. The molecule has 0 radical (unpaired) electrons. The van der Waals surface area contributed by atoms with Crippen LogP contribution in [-0.2, 0) is 14.8 Å². The molecule has 1 amide bonds. The van der Waals surface area contributed by atoms with E-state index in [1.54, 1.807) is 6.07 Å². The first kappa shape index (κ1) is 22.7. The molecular formula is C22H30N2O4S. The summed E-state index contributed by atoms with van der Waals surface area (Å²) in [5.74, 6) is 0.680. The Morgan fingerprint density at radius 2 is 1.86 bits per heavy atom. The number of rotatable bonds is 10. The maximum atomic E-state index is 12.2. The zero-order valence-corrected chi connectivity index (χ0v) is 18.3. The van der Waals surface area contributed by atoms with Crippen LogP contribution in [0.4, 0.5) is 5.69 Å². The van der Waals surface area contributed by atoms with Crippen molar-refractivity contribution in [2.75, 3.05) is 23.7 Å². The average Bonchev–Trinajstić information content (AvgIpc) is 2.63. The summed E-state index contributed by atoms with van der Waals surface area (Å²) in [6.45, 7) is 6.39. The van der Waals surface area contributed by atoms with Crippen LogP contribution in [0, 0.1) is 13.8 Å². The zero-order valence-electron chi connectivity index (χ0n) is 17.5. The minimum Gasteiger partial charge on any atom is -0.491 e. The second kappa shape index (κ2) is 10.3. The van der Waals surface area contributed by atoms with Gasteiger partial charge in [-0.1, -0.05) is 30.3 Å². The van der Waals surface area contributed by atoms with Gasteiger partial charge in [-0.2, -0.15) is 0 Å². The largest absolute Gasteiger partial charge is 0.491 e. The van der Waals surface area contributed by atoms with Gasteiger partial charge in [0.05, 0.1) is 18.0 Å². The van der Waals surface area contributed by atoms with Crippen LogP contribution in [0.5, 0.6) is 5.75 Å². The Balaban J connectivity index is 1.82. The summed E-state index contributed by atoms with van der Waals surface area (Å²) in [7, 11) is -3.42. The number of benzene rings is 2. The van der Waals surface area contributed by atoms with E-state index >= 15 is 0 Å². The Morgan fingerprint density at radius 3 is 2.52 bits per heavy atom. The van der Waals surface area contributed by atoms with Gasteiger partial charge in [-0.25, -0.2) is 8.42 Å². The van der Waals surface area contributed by atoms with Gasteiger partial charge < -0.3 is 10.1 Å². The number of ether oxygens (including phenoxy) is 1. The van der Waals surface area contributed by atoms with E-state index in [0.29, 0.717) is 18.7 Å². The highest BCUT2D eigenvalue weighted by molar-refractivity contribution is 7.92. The molecule has 1 atom stereocenters. The van der Waals surface area contributed by atoms with Gasteiger partial charge in [0.2, 0.25) is 15.9 Å². The van der Waals surface area contributed by atoms with Crippen LogP contribution in [0.3, 0.4) is 0 Å². The normalized spacial score (nSPS) is 12.3. The molecule has 0 aliphatic carbocycles. The molecule has 0 aliphatic heterocycles. The molecule has 0 saturated heterocycles. The van der Waals surface area contributed by atoms with Crippen LogP contribution in [0.25, 0.3) is 0 Å². The molecule has 0 saturated carbocycles. The Kier molecular flexibility index (Phi) is 8.08. The number of hydrogen-bond donors (Lipinski definition) is 1. The minimum absolute atomic E-state index is 0.122. The van der Waals surface area contributed by atoms with Crippen LogP contribution in [-0.4, -0.2) is 39.8 Å². The summed E-state index contributed by atoms with van der Waals surface area (Å²) in [5.41, 5.74) is 2.65. The number of nitrogens with zero attached hydrogens (tertiary/aromatic N) is 1. The summed E-state index contributed by atoms with van der Waals surface area (Å²) < 4.78 is 31.4. The average molecular weight is 419 g/mol. The molecule has 0 bridgehead atoms. The quantitative estimate of drug-likeness (QED) is 0.641. The number of aryl methyl sites for hydroxylation is 2. The summed E-state index contributed by atoms with van der Waals surface area (Å²) in [4.78, 5) is 12.2. The fraction of sp³-hybridized carbons (Fsp3) is 0.409. The van der Waals surface area contributed by atoms with Gasteiger partial charge in [0, 0.05) is 13.0 Å². The third-order valence-electron chi connectivity index (χ3n) is 4.44. The number of hydrogen-bond acceptors (Lipinski definition) is 4. The lowest BCUT2D eigenvalue weighted by Crippen LogP contribution is -2.37. The lowest BCUT2D eigenvalue weighted by atomic mass is 10.2. The standard InChI is InChI=1S/C22H30N2O4S/c1-17-9-7-11-20(15-17)24(29(4,26)27)14-8-13-22(25)23-19(3)16-28-21-12-6-5-10-18(21)2/h5-7,9-12,15,19H,8,13-14,16H2,1-4H3,(H,23,25). The molecule has 0 heterocycles. The van der Waals surface area contributed by atoms with E-state index < -0.39 is 10.0 Å². The van der Waals surface area contributed by atoms with Crippen molar-refractivity contribution in [3.63, 3.8) is 0 Å². The molecule has 0 spiro atoms. The highest BCUT2D eigenvalue weighted by Gasteiger charge is 2.18. The SMILES string of the molecule is Cc1cccc(N(CCCC(=O)NC(C)COc2ccccc2C)S(C)(=O)=O)c1. The van der Waals surface area contributed by atoms with Gasteiger partial charge in [0.25, 0.3) is 0 Å². The van der Waals surface area contributed by atoms with Gasteiger partial charge in [-0.05, 0) is 56.5 Å². The monoisotopic (exact) mass is 418 g/mol. The third-order valence-corrected chi connectivity index (χ3v) is 5.64. The predicted molar refractivity (Wildman–Crippen MR) is 117 cm³/mol. The molecular weight excluding hydrogens is 388 g/mol. The smallest absolute Gasteiger partial charge is 0.232 e. The van der Waals surface area contributed by atoms with Crippen molar-refractivity contribution < 1.29 is 17.9 Å². The molecule has 6 nitrogen and oxygen atoms in total. The highest BCUT2D eigenvalue weighted by atomic mass is 32.2. The van der Waals surface area contributed by atoms with E-state index in [1.807, 2.05) is 63.2 Å². The molecule has 1 unspecified atom stereocenters. The summed E-state index contributed by atoms with van der Waals surface area (Å²) in [5, 5.41) is 2.90. The van der Waals surface area contributed by atoms with Crippen LogP contribution in [0.2, 0.25) is 0 Å². The van der Waals surface area contributed by atoms with Crippen molar-refractivity contribution in [1.29, 1.82) is 0 Å². The van der Waals surface area contributed by atoms with E-state index in [0.717, 1.165) is 16.9 Å².